The van der Waals surface area contributed by atoms with E-state index in [0.29, 0.717) is 13.0 Å². The Hall–Kier alpha value is -2.24. The minimum absolute atomic E-state index is 0.0316. The van der Waals surface area contributed by atoms with E-state index >= 15 is 0 Å². The summed E-state index contributed by atoms with van der Waals surface area (Å²) in [5.41, 5.74) is 3.47. The molecule has 2 aliphatic rings. The Kier molecular flexibility index (Phi) is 4.76. The van der Waals surface area contributed by atoms with Crippen LogP contribution in [0.5, 0.6) is 0 Å². The lowest BCUT2D eigenvalue weighted by atomic mass is 10.1. The van der Waals surface area contributed by atoms with E-state index in [9.17, 15) is 4.79 Å². The molecule has 0 N–H and O–H groups in total. The average Bonchev–Trinajstić information content (AvgIpc) is 3.07. The minimum Gasteiger partial charge on any atom is -0.375 e. The molecule has 1 saturated heterocycles. The number of pyridine rings is 1. The van der Waals surface area contributed by atoms with E-state index in [1.165, 1.54) is 5.56 Å². The summed E-state index contributed by atoms with van der Waals surface area (Å²) in [6.45, 7) is 4.06. The van der Waals surface area contributed by atoms with Crippen molar-refractivity contribution in [3.8, 4) is 0 Å². The van der Waals surface area contributed by atoms with Gasteiger partial charge in [0.1, 0.15) is 0 Å². The smallest absolute Gasteiger partial charge is 0.229 e. The van der Waals surface area contributed by atoms with Crippen molar-refractivity contribution in [2.75, 3.05) is 31.1 Å². The maximum Gasteiger partial charge on any atom is 0.229 e. The number of benzene rings is 1. The van der Waals surface area contributed by atoms with Crippen LogP contribution in [0.15, 0.2) is 48.8 Å². The van der Waals surface area contributed by atoms with Gasteiger partial charge in [0, 0.05) is 44.3 Å². The van der Waals surface area contributed by atoms with Crippen LogP contribution in [0, 0.1) is 0 Å². The van der Waals surface area contributed by atoms with Gasteiger partial charge in [0.05, 0.1) is 19.1 Å². The van der Waals surface area contributed by atoms with Crippen LogP contribution >= 0.6 is 0 Å². The molecule has 0 aliphatic carbocycles. The third-order valence-corrected chi connectivity index (χ3v) is 4.95. The van der Waals surface area contributed by atoms with Gasteiger partial charge in [-0.25, -0.2) is 0 Å². The first kappa shape index (κ1) is 16.2. The van der Waals surface area contributed by atoms with Crippen LogP contribution < -0.4 is 4.90 Å². The lowest BCUT2D eigenvalue weighted by molar-refractivity contribution is -0.123. The topological polar surface area (TPSA) is 45.7 Å². The van der Waals surface area contributed by atoms with Gasteiger partial charge in [-0.15, -0.1) is 0 Å². The van der Waals surface area contributed by atoms with E-state index in [0.717, 1.165) is 43.9 Å². The highest BCUT2D eigenvalue weighted by molar-refractivity contribution is 5.95. The molecule has 0 spiro atoms. The molecule has 5 heteroatoms. The highest BCUT2D eigenvalue weighted by Gasteiger charge is 2.29. The molecule has 4 rings (SSSR count). The monoisotopic (exact) mass is 337 g/mol. The van der Waals surface area contributed by atoms with Crippen molar-refractivity contribution in [2.24, 2.45) is 0 Å². The molecule has 2 aliphatic heterocycles. The Morgan fingerprint density at radius 2 is 2.08 bits per heavy atom. The van der Waals surface area contributed by atoms with E-state index in [-0.39, 0.29) is 12.0 Å². The van der Waals surface area contributed by atoms with Gasteiger partial charge < -0.3 is 9.64 Å². The van der Waals surface area contributed by atoms with Crippen molar-refractivity contribution in [3.63, 3.8) is 0 Å². The van der Waals surface area contributed by atoms with E-state index in [4.69, 9.17) is 4.74 Å². The zero-order valence-electron chi connectivity index (χ0n) is 14.3. The zero-order valence-corrected chi connectivity index (χ0v) is 14.3. The number of ether oxygens (including phenoxy) is 1. The highest BCUT2D eigenvalue weighted by atomic mass is 16.5. The summed E-state index contributed by atoms with van der Waals surface area (Å²) in [7, 11) is 0. The number of nitrogens with zero attached hydrogens (tertiary/aromatic N) is 3. The number of anilines is 1. The molecule has 3 heterocycles. The molecule has 1 aromatic heterocycles. The van der Waals surface area contributed by atoms with E-state index in [2.05, 4.69) is 34.1 Å². The molecule has 0 bridgehead atoms. The van der Waals surface area contributed by atoms with Crippen LogP contribution in [0.1, 0.15) is 17.5 Å². The quantitative estimate of drug-likeness (QED) is 0.859. The van der Waals surface area contributed by atoms with Crippen LogP contribution in [0.4, 0.5) is 5.69 Å². The summed E-state index contributed by atoms with van der Waals surface area (Å²) in [4.78, 5) is 21.2. The molecule has 5 nitrogen and oxygen atoms in total. The van der Waals surface area contributed by atoms with Crippen molar-refractivity contribution in [1.82, 2.24) is 9.88 Å². The third kappa shape index (κ3) is 3.72. The number of carbonyl (C=O) groups is 1. The lowest BCUT2D eigenvalue weighted by Gasteiger charge is -2.33. The largest absolute Gasteiger partial charge is 0.375 e. The number of rotatable bonds is 4. The van der Waals surface area contributed by atoms with Gasteiger partial charge in [-0.05, 0) is 23.6 Å². The number of carbonyl (C=O) groups excluding carboxylic acids is 1. The zero-order chi connectivity index (χ0) is 17.1. The van der Waals surface area contributed by atoms with Gasteiger partial charge in [0.15, 0.2) is 0 Å². The molecule has 1 unspecified atom stereocenters. The Labute approximate surface area is 148 Å². The maximum atomic E-state index is 12.7. The predicted molar refractivity (Wildman–Crippen MR) is 96.4 cm³/mol. The molecule has 25 heavy (non-hydrogen) atoms. The van der Waals surface area contributed by atoms with Crippen LogP contribution in [0.2, 0.25) is 0 Å². The van der Waals surface area contributed by atoms with Gasteiger partial charge in [-0.3, -0.25) is 14.7 Å². The van der Waals surface area contributed by atoms with Crippen molar-refractivity contribution < 1.29 is 9.53 Å². The van der Waals surface area contributed by atoms with Gasteiger partial charge in [0.25, 0.3) is 0 Å². The Balaban J connectivity index is 1.35. The molecule has 2 aromatic rings. The fourth-order valence-corrected chi connectivity index (χ4v) is 3.68. The Morgan fingerprint density at radius 1 is 1.20 bits per heavy atom. The number of morpholine rings is 1. The van der Waals surface area contributed by atoms with Crippen LogP contribution in [0.3, 0.4) is 0 Å². The summed E-state index contributed by atoms with van der Waals surface area (Å²) in [6, 6.07) is 12.4. The van der Waals surface area contributed by atoms with Gasteiger partial charge in [-0.2, -0.15) is 0 Å². The van der Waals surface area contributed by atoms with Crippen molar-refractivity contribution >= 4 is 11.6 Å². The van der Waals surface area contributed by atoms with Crippen LogP contribution in [-0.2, 0) is 22.5 Å². The van der Waals surface area contributed by atoms with Crippen molar-refractivity contribution in [1.29, 1.82) is 0 Å². The molecular formula is C20H23N3O2. The molecular weight excluding hydrogens is 314 g/mol. The summed E-state index contributed by atoms with van der Waals surface area (Å²) in [5.74, 6) is 0.150. The second-order valence-electron chi connectivity index (χ2n) is 6.72. The molecule has 0 radical (unpaired) electrons. The number of aromatic nitrogens is 1. The first-order valence-corrected chi connectivity index (χ1v) is 8.91. The maximum absolute atomic E-state index is 12.7. The summed E-state index contributed by atoms with van der Waals surface area (Å²) in [5, 5.41) is 0. The number of hydrogen-bond donors (Lipinski definition) is 0. The lowest BCUT2D eigenvalue weighted by Crippen LogP contribution is -2.44. The Morgan fingerprint density at radius 3 is 2.96 bits per heavy atom. The van der Waals surface area contributed by atoms with E-state index in [1.807, 2.05) is 23.2 Å². The fourth-order valence-electron chi connectivity index (χ4n) is 3.68. The summed E-state index contributed by atoms with van der Waals surface area (Å²) >= 11 is 0. The van der Waals surface area contributed by atoms with Gasteiger partial charge >= 0.3 is 0 Å². The molecule has 0 saturated carbocycles. The van der Waals surface area contributed by atoms with Gasteiger partial charge in [0.2, 0.25) is 5.91 Å². The summed E-state index contributed by atoms with van der Waals surface area (Å²) in [6.07, 6.45) is 4.91. The number of amides is 1. The molecule has 1 aromatic carbocycles. The second-order valence-corrected chi connectivity index (χ2v) is 6.72. The molecule has 1 amide bonds. The normalized spacial score (nSPS) is 20.5. The predicted octanol–water partition coefficient (Wildman–Crippen LogP) is 2.26. The van der Waals surface area contributed by atoms with Gasteiger partial charge in [-0.1, -0.05) is 30.3 Å². The average molecular weight is 337 g/mol. The molecule has 1 fully saturated rings. The fraction of sp³-hybridized carbons (Fsp3) is 0.400. The van der Waals surface area contributed by atoms with Crippen LogP contribution in [0.25, 0.3) is 0 Å². The van der Waals surface area contributed by atoms with E-state index < -0.39 is 0 Å². The highest BCUT2D eigenvalue weighted by Crippen LogP contribution is 2.27. The van der Waals surface area contributed by atoms with E-state index in [1.54, 1.807) is 6.20 Å². The summed E-state index contributed by atoms with van der Waals surface area (Å²) < 4.78 is 5.86. The SMILES string of the molecule is O=C(CC1CN(Cc2ccccc2)CCO1)N1CCc2cnccc21. The standard InChI is InChI=1S/C20H23N3O2/c24-20(23-9-7-17-13-21-8-6-19(17)23)12-18-15-22(10-11-25-18)14-16-4-2-1-3-5-16/h1-6,8,13,18H,7,9-12,14-15H2. The Bertz CT molecular complexity index is 735. The number of fused-ring (bicyclic) bond motifs is 1. The third-order valence-electron chi connectivity index (χ3n) is 4.95. The molecule has 130 valence electrons. The van der Waals surface area contributed by atoms with Crippen molar-refractivity contribution in [3.05, 3.63) is 59.9 Å². The minimum atomic E-state index is -0.0316. The number of hydrogen-bond acceptors (Lipinski definition) is 4. The first-order chi connectivity index (χ1) is 12.3. The first-order valence-electron chi connectivity index (χ1n) is 8.91. The molecule has 1 atom stereocenters. The second kappa shape index (κ2) is 7.33. The van der Waals surface area contributed by atoms with Crippen molar-refractivity contribution in [2.45, 2.75) is 25.5 Å². The van der Waals surface area contributed by atoms with Crippen LogP contribution in [-0.4, -0.2) is 48.1 Å².